The Kier molecular flexibility index (Phi) is 3.02. The summed E-state index contributed by atoms with van der Waals surface area (Å²) in [5, 5.41) is 12.0. The molecule has 0 aliphatic carbocycles. The molecule has 0 aromatic heterocycles. The van der Waals surface area contributed by atoms with Crippen molar-refractivity contribution in [2.45, 2.75) is 31.8 Å². The van der Waals surface area contributed by atoms with Gasteiger partial charge in [-0.15, -0.1) is 0 Å². The molecule has 3 nitrogen and oxygen atoms in total. The fourth-order valence-corrected chi connectivity index (χ4v) is 2.02. The van der Waals surface area contributed by atoms with Crippen molar-refractivity contribution >= 4 is 5.97 Å². The van der Waals surface area contributed by atoms with Gasteiger partial charge in [-0.3, -0.25) is 4.79 Å². The van der Waals surface area contributed by atoms with Crippen LogP contribution >= 0.6 is 0 Å². The molecule has 80 valence electrons. The maximum Gasteiger partial charge on any atom is 0.303 e. The molecule has 0 bridgehead atoms. The number of nitrogens with one attached hydrogen (secondary N) is 1. The van der Waals surface area contributed by atoms with E-state index in [9.17, 15) is 4.79 Å². The number of rotatable bonds is 3. The summed E-state index contributed by atoms with van der Waals surface area (Å²) < 4.78 is 0. The van der Waals surface area contributed by atoms with Gasteiger partial charge >= 0.3 is 5.97 Å². The van der Waals surface area contributed by atoms with E-state index in [0.717, 1.165) is 13.0 Å². The fourth-order valence-electron chi connectivity index (χ4n) is 2.02. The van der Waals surface area contributed by atoms with Crippen molar-refractivity contribution in [1.29, 1.82) is 0 Å². The lowest BCUT2D eigenvalue weighted by Gasteiger charge is -2.25. The summed E-state index contributed by atoms with van der Waals surface area (Å²) in [5.41, 5.74) is 2.69. The van der Waals surface area contributed by atoms with Crippen LogP contribution in [0.15, 0.2) is 24.3 Å². The van der Waals surface area contributed by atoms with Crippen molar-refractivity contribution in [3.8, 4) is 0 Å². The number of benzene rings is 1. The lowest BCUT2D eigenvalue weighted by atomic mass is 9.93. The van der Waals surface area contributed by atoms with Gasteiger partial charge in [0.25, 0.3) is 0 Å². The van der Waals surface area contributed by atoms with E-state index in [-0.39, 0.29) is 6.42 Å². The van der Waals surface area contributed by atoms with E-state index in [4.69, 9.17) is 5.11 Å². The number of aliphatic carboxylic acids is 1. The standard InChI is InChI=1S/C12H15NO2/c14-12(15)6-5-11-7-9-3-1-2-4-10(9)8-13-11/h1-4,11,13H,5-8H2,(H,14,15). The number of hydrogen-bond acceptors (Lipinski definition) is 2. The Morgan fingerprint density at radius 2 is 2.13 bits per heavy atom. The van der Waals surface area contributed by atoms with Gasteiger partial charge in [0.2, 0.25) is 0 Å². The summed E-state index contributed by atoms with van der Waals surface area (Å²) in [6, 6.07) is 8.65. The molecule has 3 heteroatoms. The molecular formula is C12H15NO2. The molecule has 0 spiro atoms. The van der Waals surface area contributed by atoms with Crippen LogP contribution in [0.2, 0.25) is 0 Å². The molecule has 0 saturated heterocycles. The van der Waals surface area contributed by atoms with Crippen LogP contribution in [0.3, 0.4) is 0 Å². The number of carboxylic acids is 1. The maximum absolute atomic E-state index is 10.5. The second-order valence-corrected chi connectivity index (χ2v) is 3.98. The third-order valence-electron chi connectivity index (χ3n) is 2.87. The van der Waals surface area contributed by atoms with Gasteiger partial charge in [0.05, 0.1) is 0 Å². The average molecular weight is 205 g/mol. The molecule has 1 aliphatic heterocycles. The average Bonchev–Trinajstić information content (AvgIpc) is 2.26. The molecule has 1 aromatic carbocycles. The van der Waals surface area contributed by atoms with Gasteiger partial charge in [-0.1, -0.05) is 24.3 Å². The SMILES string of the molecule is O=C(O)CCC1Cc2ccccc2CN1. The molecule has 0 fully saturated rings. The first-order chi connectivity index (χ1) is 7.25. The quantitative estimate of drug-likeness (QED) is 0.787. The molecule has 2 rings (SSSR count). The Morgan fingerprint density at radius 3 is 2.87 bits per heavy atom. The largest absolute Gasteiger partial charge is 0.481 e. The summed E-state index contributed by atoms with van der Waals surface area (Å²) in [7, 11) is 0. The second kappa shape index (κ2) is 4.45. The van der Waals surface area contributed by atoms with Gasteiger partial charge in [-0.2, -0.15) is 0 Å². The molecule has 0 amide bonds. The number of hydrogen-bond donors (Lipinski definition) is 2. The van der Waals surface area contributed by atoms with E-state index in [2.05, 4.69) is 17.4 Å². The van der Waals surface area contributed by atoms with Crippen molar-refractivity contribution in [1.82, 2.24) is 5.32 Å². The van der Waals surface area contributed by atoms with Crippen molar-refractivity contribution in [2.75, 3.05) is 0 Å². The number of carboxylic acid groups (broad SMARTS) is 1. The smallest absolute Gasteiger partial charge is 0.303 e. The molecule has 15 heavy (non-hydrogen) atoms. The Hall–Kier alpha value is -1.35. The van der Waals surface area contributed by atoms with E-state index < -0.39 is 5.97 Å². The third-order valence-corrected chi connectivity index (χ3v) is 2.87. The highest BCUT2D eigenvalue weighted by atomic mass is 16.4. The maximum atomic E-state index is 10.5. The van der Waals surface area contributed by atoms with Gasteiger partial charge in [0, 0.05) is 19.0 Å². The molecule has 1 atom stereocenters. The first kappa shape index (κ1) is 10.2. The van der Waals surface area contributed by atoms with Gasteiger partial charge in [0.1, 0.15) is 0 Å². The van der Waals surface area contributed by atoms with Crippen molar-refractivity contribution in [3.05, 3.63) is 35.4 Å². The van der Waals surface area contributed by atoms with Gasteiger partial charge in [0.15, 0.2) is 0 Å². The van der Waals surface area contributed by atoms with E-state index >= 15 is 0 Å². The minimum Gasteiger partial charge on any atom is -0.481 e. The predicted molar refractivity (Wildman–Crippen MR) is 57.6 cm³/mol. The molecule has 1 unspecified atom stereocenters. The van der Waals surface area contributed by atoms with Crippen LogP contribution in [0.4, 0.5) is 0 Å². The molecule has 0 saturated carbocycles. The first-order valence-electron chi connectivity index (χ1n) is 5.27. The number of fused-ring (bicyclic) bond motifs is 1. The van der Waals surface area contributed by atoms with Crippen LogP contribution < -0.4 is 5.32 Å². The highest BCUT2D eigenvalue weighted by Crippen LogP contribution is 2.18. The van der Waals surface area contributed by atoms with E-state index in [1.165, 1.54) is 11.1 Å². The van der Waals surface area contributed by atoms with Crippen LogP contribution in [-0.2, 0) is 17.8 Å². The van der Waals surface area contributed by atoms with E-state index in [1.54, 1.807) is 0 Å². The molecular weight excluding hydrogens is 190 g/mol. The van der Waals surface area contributed by atoms with Gasteiger partial charge in [-0.05, 0) is 24.0 Å². The summed E-state index contributed by atoms with van der Waals surface area (Å²) in [6.07, 6.45) is 1.91. The van der Waals surface area contributed by atoms with Crippen LogP contribution in [0, 0.1) is 0 Å². The summed E-state index contributed by atoms with van der Waals surface area (Å²) in [4.78, 5) is 10.5. The first-order valence-corrected chi connectivity index (χ1v) is 5.27. The normalized spacial score (nSPS) is 19.6. The lowest BCUT2D eigenvalue weighted by Crippen LogP contribution is -2.35. The lowest BCUT2D eigenvalue weighted by molar-refractivity contribution is -0.137. The van der Waals surface area contributed by atoms with E-state index in [1.807, 2.05) is 12.1 Å². The zero-order chi connectivity index (χ0) is 10.7. The van der Waals surface area contributed by atoms with Gasteiger partial charge < -0.3 is 10.4 Å². The monoisotopic (exact) mass is 205 g/mol. The minimum absolute atomic E-state index is 0.250. The van der Waals surface area contributed by atoms with Crippen molar-refractivity contribution < 1.29 is 9.90 Å². The highest BCUT2D eigenvalue weighted by molar-refractivity contribution is 5.66. The second-order valence-electron chi connectivity index (χ2n) is 3.98. The van der Waals surface area contributed by atoms with Crippen LogP contribution in [0.1, 0.15) is 24.0 Å². The van der Waals surface area contributed by atoms with Crippen molar-refractivity contribution in [3.63, 3.8) is 0 Å². The Labute approximate surface area is 89.1 Å². The molecule has 1 heterocycles. The fraction of sp³-hybridized carbons (Fsp3) is 0.417. The third kappa shape index (κ3) is 2.57. The summed E-state index contributed by atoms with van der Waals surface area (Å²) in [6.45, 7) is 0.862. The highest BCUT2D eigenvalue weighted by Gasteiger charge is 2.17. The topological polar surface area (TPSA) is 49.3 Å². The summed E-state index contributed by atoms with van der Waals surface area (Å²) in [5.74, 6) is -0.712. The Morgan fingerprint density at radius 1 is 1.40 bits per heavy atom. The predicted octanol–water partition coefficient (Wildman–Crippen LogP) is 1.57. The van der Waals surface area contributed by atoms with Crippen LogP contribution in [0.5, 0.6) is 0 Å². The Balaban J connectivity index is 1.96. The zero-order valence-electron chi connectivity index (χ0n) is 8.57. The van der Waals surface area contributed by atoms with Crippen LogP contribution in [0.25, 0.3) is 0 Å². The van der Waals surface area contributed by atoms with Crippen molar-refractivity contribution in [2.24, 2.45) is 0 Å². The molecule has 1 aliphatic rings. The number of carbonyl (C=O) groups is 1. The van der Waals surface area contributed by atoms with Gasteiger partial charge in [-0.25, -0.2) is 0 Å². The van der Waals surface area contributed by atoms with Crippen LogP contribution in [-0.4, -0.2) is 17.1 Å². The molecule has 1 aromatic rings. The molecule has 2 N–H and O–H groups in total. The molecule has 0 radical (unpaired) electrons. The Bertz CT molecular complexity index is 362. The summed E-state index contributed by atoms with van der Waals surface area (Å²) >= 11 is 0. The zero-order valence-corrected chi connectivity index (χ0v) is 8.57. The minimum atomic E-state index is -0.712. The van der Waals surface area contributed by atoms with E-state index in [0.29, 0.717) is 12.5 Å².